The van der Waals surface area contributed by atoms with Crippen molar-refractivity contribution in [3.63, 3.8) is 0 Å². The Morgan fingerprint density at radius 3 is 2.30 bits per heavy atom. The highest BCUT2D eigenvalue weighted by Crippen LogP contribution is 2.29. The third-order valence-electron chi connectivity index (χ3n) is 3.35. The van der Waals surface area contributed by atoms with E-state index in [2.05, 4.69) is 9.72 Å². The molecular formula is C15H9F2IN2O3. The minimum absolute atomic E-state index is 0.180. The van der Waals surface area contributed by atoms with Crippen molar-refractivity contribution >= 4 is 34.4 Å². The highest BCUT2D eigenvalue weighted by Gasteiger charge is 2.36. The second kappa shape index (κ2) is 6.19. The monoisotopic (exact) mass is 430 g/mol. The van der Waals surface area contributed by atoms with E-state index < -0.39 is 18.4 Å². The molecule has 2 aromatic rings. The smallest absolute Gasteiger partial charge is 0.388 e. The summed E-state index contributed by atoms with van der Waals surface area (Å²) in [5.74, 6) is -1.22. The highest BCUT2D eigenvalue weighted by molar-refractivity contribution is 14.1. The standard InChI is InChI=1S/C15H9F2IN2O3/c16-15(17)23-12-10(11(18)5-6-19-12)7-20-13(21)8-3-1-2-4-9(8)14(20)22/h1-6,15H,7H2. The number of carbonyl (C=O) groups excluding carboxylic acids is 2. The van der Waals surface area contributed by atoms with Crippen molar-refractivity contribution in [1.82, 2.24) is 9.88 Å². The quantitative estimate of drug-likeness (QED) is 0.553. The molecular weight excluding hydrogens is 421 g/mol. The lowest BCUT2D eigenvalue weighted by atomic mass is 10.1. The molecule has 1 aliphatic heterocycles. The Hall–Kier alpha value is -2.10. The summed E-state index contributed by atoms with van der Waals surface area (Å²) < 4.78 is 30.0. The summed E-state index contributed by atoms with van der Waals surface area (Å²) in [6, 6.07) is 8.02. The number of carbonyl (C=O) groups is 2. The Balaban J connectivity index is 1.95. The normalized spacial score (nSPS) is 13.7. The molecule has 2 heterocycles. The Kier molecular flexibility index (Phi) is 4.24. The third-order valence-corrected chi connectivity index (χ3v) is 4.36. The number of hydrogen-bond donors (Lipinski definition) is 0. The number of fused-ring (bicyclic) bond motifs is 1. The lowest BCUT2D eigenvalue weighted by Gasteiger charge is -2.17. The van der Waals surface area contributed by atoms with Crippen LogP contribution in [0.4, 0.5) is 8.78 Å². The molecule has 1 aromatic heterocycles. The summed E-state index contributed by atoms with van der Waals surface area (Å²) in [5.41, 5.74) is 0.864. The second-order valence-corrected chi connectivity index (χ2v) is 5.86. The lowest BCUT2D eigenvalue weighted by Crippen LogP contribution is -2.30. The molecule has 0 atom stereocenters. The van der Waals surface area contributed by atoms with E-state index in [1.165, 1.54) is 6.20 Å². The molecule has 23 heavy (non-hydrogen) atoms. The first kappa shape index (κ1) is 15.8. The zero-order chi connectivity index (χ0) is 16.6. The number of benzene rings is 1. The van der Waals surface area contributed by atoms with Crippen LogP contribution in [0.15, 0.2) is 36.5 Å². The van der Waals surface area contributed by atoms with Crippen LogP contribution in [0, 0.1) is 3.57 Å². The van der Waals surface area contributed by atoms with Crippen molar-refractivity contribution in [2.45, 2.75) is 13.2 Å². The Bertz CT molecular complexity index is 763. The van der Waals surface area contributed by atoms with Crippen molar-refractivity contribution in [1.29, 1.82) is 0 Å². The summed E-state index contributed by atoms with van der Waals surface area (Å²) in [6.45, 7) is -3.22. The number of nitrogens with zero attached hydrogens (tertiary/aromatic N) is 2. The van der Waals surface area contributed by atoms with Crippen LogP contribution >= 0.6 is 22.6 Å². The van der Waals surface area contributed by atoms with Crippen LogP contribution in [0.3, 0.4) is 0 Å². The van der Waals surface area contributed by atoms with Gasteiger partial charge in [0.05, 0.1) is 17.7 Å². The molecule has 8 heteroatoms. The van der Waals surface area contributed by atoms with Crippen LogP contribution in [0.5, 0.6) is 5.88 Å². The Morgan fingerprint density at radius 1 is 1.13 bits per heavy atom. The molecule has 5 nitrogen and oxygen atoms in total. The highest BCUT2D eigenvalue weighted by atomic mass is 127. The van der Waals surface area contributed by atoms with E-state index in [1.807, 2.05) is 22.6 Å². The summed E-state index contributed by atoms with van der Waals surface area (Å²) in [4.78, 5) is 29.5. The van der Waals surface area contributed by atoms with Crippen molar-refractivity contribution in [3.05, 3.63) is 56.8 Å². The van der Waals surface area contributed by atoms with E-state index in [9.17, 15) is 18.4 Å². The molecule has 0 spiro atoms. The van der Waals surface area contributed by atoms with Gasteiger partial charge in [-0.2, -0.15) is 8.78 Å². The number of halogens is 3. The van der Waals surface area contributed by atoms with Gasteiger partial charge < -0.3 is 4.74 Å². The summed E-state index contributed by atoms with van der Waals surface area (Å²) in [7, 11) is 0. The maximum atomic E-state index is 12.5. The van der Waals surface area contributed by atoms with Gasteiger partial charge in [0.15, 0.2) is 0 Å². The van der Waals surface area contributed by atoms with Gasteiger partial charge in [0.2, 0.25) is 5.88 Å². The molecule has 0 saturated carbocycles. The number of alkyl halides is 2. The number of pyridine rings is 1. The molecule has 1 aliphatic rings. The molecule has 2 amide bonds. The molecule has 1 aromatic carbocycles. The number of rotatable bonds is 4. The van der Waals surface area contributed by atoms with Gasteiger partial charge in [0.25, 0.3) is 11.8 Å². The largest absolute Gasteiger partial charge is 0.417 e. The molecule has 3 rings (SSSR count). The van der Waals surface area contributed by atoms with Crippen molar-refractivity contribution in [3.8, 4) is 5.88 Å². The minimum Gasteiger partial charge on any atom is -0.417 e. The maximum absolute atomic E-state index is 12.5. The summed E-state index contributed by atoms with van der Waals surface area (Å²) >= 11 is 1.92. The fourth-order valence-electron chi connectivity index (χ4n) is 2.32. The molecule has 118 valence electrons. The van der Waals surface area contributed by atoms with Gasteiger partial charge in [-0.05, 0) is 40.8 Å². The van der Waals surface area contributed by atoms with Crippen molar-refractivity contribution in [2.24, 2.45) is 0 Å². The van der Waals surface area contributed by atoms with Gasteiger partial charge in [-0.1, -0.05) is 12.1 Å². The van der Waals surface area contributed by atoms with E-state index in [0.717, 1.165) is 4.90 Å². The molecule has 0 unspecified atom stereocenters. The SMILES string of the molecule is O=C1c2ccccc2C(=O)N1Cc1c(I)ccnc1OC(F)F. The van der Waals surface area contributed by atoms with Gasteiger partial charge in [-0.15, -0.1) is 0 Å². The first-order valence-electron chi connectivity index (χ1n) is 6.52. The van der Waals surface area contributed by atoms with Crippen LogP contribution in [0.25, 0.3) is 0 Å². The average Bonchev–Trinajstić information content (AvgIpc) is 2.75. The van der Waals surface area contributed by atoms with Crippen molar-refractivity contribution in [2.75, 3.05) is 0 Å². The lowest BCUT2D eigenvalue weighted by molar-refractivity contribution is -0.0537. The molecule has 0 saturated heterocycles. The molecule has 0 fully saturated rings. The number of aromatic nitrogens is 1. The fraction of sp³-hybridized carbons (Fsp3) is 0.133. The van der Waals surface area contributed by atoms with Crippen LogP contribution in [0.1, 0.15) is 26.3 Å². The molecule has 0 bridgehead atoms. The predicted molar refractivity (Wildman–Crippen MR) is 84.2 cm³/mol. The maximum Gasteiger partial charge on any atom is 0.388 e. The molecule has 0 N–H and O–H groups in total. The van der Waals surface area contributed by atoms with E-state index in [1.54, 1.807) is 30.3 Å². The van der Waals surface area contributed by atoms with Gasteiger partial charge in [-0.3, -0.25) is 14.5 Å². The van der Waals surface area contributed by atoms with Gasteiger partial charge in [0.1, 0.15) is 0 Å². The topological polar surface area (TPSA) is 59.5 Å². The van der Waals surface area contributed by atoms with Gasteiger partial charge in [0, 0.05) is 15.3 Å². The first-order chi connectivity index (χ1) is 11.0. The third kappa shape index (κ3) is 2.90. The number of hydrogen-bond acceptors (Lipinski definition) is 4. The zero-order valence-electron chi connectivity index (χ0n) is 11.5. The van der Waals surface area contributed by atoms with E-state index in [4.69, 9.17) is 0 Å². The van der Waals surface area contributed by atoms with E-state index in [0.29, 0.717) is 14.7 Å². The number of amides is 2. The fourth-order valence-corrected chi connectivity index (χ4v) is 2.88. The van der Waals surface area contributed by atoms with Gasteiger partial charge in [-0.25, -0.2) is 4.98 Å². The number of imide groups is 1. The van der Waals surface area contributed by atoms with Gasteiger partial charge >= 0.3 is 6.61 Å². The molecule has 0 aliphatic carbocycles. The number of ether oxygens (including phenoxy) is 1. The van der Waals surface area contributed by atoms with E-state index >= 15 is 0 Å². The van der Waals surface area contributed by atoms with E-state index in [-0.39, 0.29) is 18.0 Å². The van der Waals surface area contributed by atoms with Crippen LogP contribution in [-0.2, 0) is 6.54 Å². The zero-order valence-corrected chi connectivity index (χ0v) is 13.7. The van der Waals surface area contributed by atoms with Crippen molar-refractivity contribution < 1.29 is 23.1 Å². The second-order valence-electron chi connectivity index (χ2n) is 4.70. The van der Waals surface area contributed by atoms with Crippen LogP contribution in [0.2, 0.25) is 0 Å². The Morgan fingerprint density at radius 2 is 1.74 bits per heavy atom. The summed E-state index contributed by atoms with van der Waals surface area (Å²) in [6.07, 6.45) is 1.32. The van der Waals surface area contributed by atoms with Crippen LogP contribution < -0.4 is 4.74 Å². The predicted octanol–water partition coefficient (Wildman–Crippen LogP) is 3.08. The Labute approximate surface area is 143 Å². The van der Waals surface area contributed by atoms with Crippen LogP contribution in [-0.4, -0.2) is 28.3 Å². The minimum atomic E-state index is -3.04. The molecule has 0 radical (unpaired) electrons. The summed E-state index contributed by atoms with van der Waals surface area (Å²) in [5, 5.41) is 0. The first-order valence-corrected chi connectivity index (χ1v) is 7.60. The average molecular weight is 430 g/mol.